The van der Waals surface area contributed by atoms with Gasteiger partial charge in [-0.3, -0.25) is 0 Å². The highest BCUT2D eigenvalue weighted by molar-refractivity contribution is 5.90. The van der Waals surface area contributed by atoms with E-state index in [1.54, 1.807) is 32.9 Å². The van der Waals surface area contributed by atoms with E-state index in [1.165, 1.54) is 19.2 Å². The summed E-state index contributed by atoms with van der Waals surface area (Å²) in [6, 6.07) is 4.67. The van der Waals surface area contributed by atoms with E-state index in [1.807, 2.05) is 0 Å². The molecule has 0 saturated heterocycles. The monoisotopic (exact) mass is 393 g/mol. The van der Waals surface area contributed by atoms with Gasteiger partial charge in [0.25, 0.3) is 0 Å². The van der Waals surface area contributed by atoms with Crippen molar-refractivity contribution in [2.45, 2.75) is 39.5 Å². The Bertz CT molecular complexity index is 1040. The third kappa shape index (κ3) is 4.21. The summed E-state index contributed by atoms with van der Waals surface area (Å²) in [6.45, 7) is 6.71. The van der Waals surface area contributed by atoms with Gasteiger partial charge in [0.2, 0.25) is 0 Å². The van der Waals surface area contributed by atoms with E-state index in [9.17, 15) is 18.0 Å². The fourth-order valence-corrected chi connectivity index (χ4v) is 2.47. The van der Waals surface area contributed by atoms with Crippen LogP contribution in [0.4, 0.5) is 29.5 Å². The highest BCUT2D eigenvalue weighted by Gasteiger charge is 2.35. The SMILES string of the molecule is Cc1ncc(C(F)(F)F)c(Nc2ccc3c(cnn3C(=O)OC(C)(C)C)c2)n1. The lowest BCUT2D eigenvalue weighted by molar-refractivity contribution is -0.137. The van der Waals surface area contributed by atoms with E-state index in [4.69, 9.17) is 4.74 Å². The number of benzene rings is 1. The second-order valence-electron chi connectivity index (χ2n) is 7.11. The standard InChI is InChI=1S/C18H18F3N5O2/c1-10-22-9-13(18(19,20)21)15(24-10)25-12-5-6-14-11(7-12)8-23-26(14)16(27)28-17(2,3)4/h5-9H,1-4H3,(H,22,24,25). The molecule has 0 unspecified atom stereocenters. The second-order valence-corrected chi connectivity index (χ2v) is 7.11. The van der Waals surface area contributed by atoms with E-state index in [2.05, 4.69) is 20.4 Å². The fourth-order valence-electron chi connectivity index (χ4n) is 2.47. The van der Waals surface area contributed by atoms with Crippen LogP contribution in [0, 0.1) is 6.92 Å². The third-order valence-corrected chi connectivity index (χ3v) is 3.61. The smallest absolute Gasteiger partial charge is 0.435 e. The summed E-state index contributed by atoms with van der Waals surface area (Å²) in [5.41, 5.74) is -0.826. The number of aromatic nitrogens is 4. The molecule has 0 atom stereocenters. The maximum absolute atomic E-state index is 13.2. The van der Waals surface area contributed by atoms with Gasteiger partial charge in [-0.05, 0) is 45.9 Å². The highest BCUT2D eigenvalue weighted by atomic mass is 19.4. The van der Waals surface area contributed by atoms with Gasteiger partial charge < -0.3 is 10.1 Å². The number of hydrogen-bond acceptors (Lipinski definition) is 6. The molecule has 148 valence electrons. The molecule has 0 bridgehead atoms. The number of ether oxygens (including phenoxy) is 1. The fraction of sp³-hybridized carbons (Fsp3) is 0.333. The number of nitrogens with one attached hydrogen (secondary N) is 1. The van der Waals surface area contributed by atoms with Crippen molar-refractivity contribution in [3.63, 3.8) is 0 Å². The number of anilines is 2. The van der Waals surface area contributed by atoms with Crippen molar-refractivity contribution < 1.29 is 22.7 Å². The Morgan fingerprint density at radius 3 is 2.54 bits per heavy atom. The minimum atomic E-state index is -4.60. The lowest BCUT2D eigenvalue weighted by Gasteiger charge is -2.19. The van der Waals surface area contributed by atoms with Gasteiger partial charge in [-0.15, -0.1) is 0 Å². The van der Waals surface area contributed by atoms with Crippen molar-refractivity contribution in [3.05, 3.63) is 42.0 Å². The zero-order valence-corrected chi connectivity index (χ0v) is 15.6. The molecule has 0 aliphatic heterocycles. The molecular weight excluding hydrogens is 375 g/mol. The summed E-state index contributed by atoms with van der Waals surface area (Å²) in [6.07, 6.45) is -3.07. The number of carbonyl (C=O) groups is 1. The summed E-state index contributed by atoms with van der Waals surface area (Å²) in [5.74, 6) is -0.145. The van der Waals surface area contributed by atoms with Gasteiger partial charge in [0.15, 0.2) is 0 Å². The summed E-state index contributed by atoms with van der Waals surface area (Å²) in [7, 11) is 0. The molecule has 7 nitrogen and oxygen atoms in total. The number of rotatable bonds is 2. The minimum Gasteiger partial charge on any atom is -0.442 e. The van der Waals surface area contributed by atoms with Crippen LogP contribution in [0.25, 0.3) is 10.9 Å². The molecule has 2 aromatic heterocycles. The molecule has 28 heavy (non-hydrogen) atoms. The normalized spacial score (nSPS) is 12.2. The molecule has 0 radical (unpaired) electrons. The van der Waals surface area contributed by atoms with E-state index in [0.29, 0.717) is 16.6 Å². The van der Waals surface area contributed by atoms with Gasteiger partial charge in [-0.1, -0.05) is 0 Å². The summed E-state index contributed by atoms with van der Waals surface area (Å²) < 4.78 is 45.9. The first-order chi connectivity index (χ1) is 12.9. The summed E-state index contributed by atoms with van der Waals surface area (Å²) in [5, 5.41) is 7.22. The van der Waals surface area contributed by atoms with Crippen LogP contribution in [-0.4, -0.2) is 31.4 Å². The van der Waals surface area contributed by atoms with E-state index in [-0.39, 0.29) is 11.6 Å². The van der Waals surface area contributed by atoms with Crippen molar-refractivity contribution in [1.82, 2.24) is 19.7 Å². The Morgan fingerprint density at radius 2 is 1.89 bits per heavy atom. The Hall–Kier alpha value is -3.17. The Morgan fingerprint density at radius 1 is 1.18 bits per heavy atom. The van der Waals surface area contributed by atoms with Crippen LogP contribution in [0.1, 0.15) is 32.2 Å². The van der Waals surface area contributed by atoms with Gasteiger partial charge in [0, 0.05) is 17.3 Å². The zero-order valence-electron chi connectivity index (χ0n) is 15.6. The van der Waals surface area contributed by atoms with Crippen LogP contribution in [0.5, 0.6) is 0 Å². The van der Waals surface area contributed by atoms with Crippen LogP contribution >= 0.6 is 0 Å². The van der Waals surface area contributed by atoms with Crippen molar-refractivity contribution >= 4 is 28.5 Å². The number of nitrogens with zero attached hydrogens (tertiary/aromatic N) is 4. The Kier molecular flexibility index (Phi) is 4.74. The van der Waals surface area contributed by atoms with Crippen molar-refractivity contribution in [2.24, 2.45) is 0 Å². The number of aryl methyl sites for hydroxylation is 1. The Labute approximate surface area is 158 Å². The predicted molar refractivity (Wildman–Crippen MR) is 96.4 cm³/mol. The zero-order chi connectivity index (χ0) is 20.7. The largest absolute Gasteiger partial charge is 0.442 e. The number of hydrogen-bond donors (Lipinski definition) is 1. The maximum Gasteiger partial charge on any atom is 0.435 e. The molecule has 0 aliphatic rings. The lowest BCUT2D eigenvalue weighted by Crippen LogP contribution is -2.27. The first-order valence-electron chi connectivity index (χ1n) is 8.33. The van der Waals surface area contributed by atoms with Gasteiger partial charge in [0.05, 0.1) is 11.7 Å². The van der Waals surface area contributed by atoms with Crippen molar-refractivity contribution in [3.8, 4) is 0 Å². The molecule has 0 spiro atoms. The van der Waals surface area contributed by atoms with Crippen LogP contribution in [0.3, 0.4) is 0 Å². The average Bonchev–Trinajstić information content (AvgIpc) is 2.95. The van der Waals surface area contributed by atoms with Gasteiger partial charge in [-0.2, -0.15) is 23.0 Å². The van der Waals surface area contributed by atoms with Crippen LogP contribution in [0.15, 0.2) is 30.6 Å². The summed E-state index contributed by atoms with van der Waals surface area (Å²) >= 11 is 0. The quantitative estimate of drug-likeness (QED) is 0.681. The van der Waals surface area contributed by atoms with Crippen LogP contribution in [0.2, 0.25) is 0 Å². The molecule has 3 aromatic rings. The van der Waals surface area contributed by atoms with Crippen LogP contribution in [-0.2, 0) is 10.9 Å². The van der Waals surface area contributed by atoms with Gasteiger partial charge in [-0.25, -0.2) is 14.8 Å². The molecule has 1 N–H and O–H groups in total. The molecule has 3 rings (SSSR count). The Balaban J connectivity index is 1.93. The number of fused-ring (bicyclic) bond motifs is 1. The maximum atomic E-state index is 13.2. The van der Waals surface area contributed by atoms with Crippen molar-refractivity contribution in [1.29, 1.82) is 0 Å². The van der Waals surface area contributed by atoms with E-state index in [0.717, 1.165) is 10.9 Å². The van der Waals surface area contributed by atoms with E-state index < -0.39 is 23.4 Å². The lowest BCUT2D eigenvalue weighted by atomic mass is 10.2. The molecule has 2 heterocycles. The minimum absolute atomic E-state index is 0.203. The molecule has 0 amide bonds. The molecule has 0 saturated carbocycles. The highest BCUT2D eigenvalue weighted by Crippen LogP contribution is 2.35. The molecule has 10 heteroatoms. The first-order valence-corrected chi connectivity index (χ1v) is 8.33. The molecular formula is C18H18F3N5O2. The van der Waals surface area contributed by atoms with Crippen LogP contribution < -0.4 is 5.32 Å². The first kappa shape index (κ1) is 19.6. The number of halogens is 3. The average molecular weight is 393 g/mol. The predicted octanol–water partition coefficient (Wildman–Crippen LogP) is 4.68. The van der Waals surface area contributed by atoms with Gasteiger partial charge >= 0.3 is 12.3 Å². The molecule has 1 aromatic carbocycles. The van der Waals surface area contributed by atoms with Crippen molar-refractivity contribution in [2.75, 3.05) is 5.32 Å². The third-order valence-electron chi connectivity index (χ3n) is 3.61. The topological polar surface area (TPSA) is 81.9 Å². The molecule has 0 aliphatic carbocycles. The van der Waals surface area contributed by atoms with Gasteiger partial charge in [0.1, 0.15) is 22.8 Å². The number of carbonyl (C=O) groups excluding carboxylic acids is 1. The molecule has 0 fully saturated rings. The number of alkyl halides is 3. The summed E-state index contributed by atoms with van der Waals surface area (Å²) in [4.78, 5) is 19.7. The van der Waals surface area contributed by atoms with E-state index >= 15 is 0 Å². The second kappa shape index (κ2) is 6.77.